The lowest BCUT2D eigenvalue weighted by atomic mass is 10.1. The van der Waals surface area contributed by atoms with Crippen molar-refractivity contribution in [3.8, 4) is 11.5 Å². The summed E-state index contributed by atoms with van der Waals surface area (Å²) in [6.07, 6.45) is 0. The Labute approximate surface area is 127 Å². The SMILES string of the molecule is CN(C)CCOc1ccc2c(c1)c(=O)oc1cc(O)ccc12. The number of phenols is 1. The van der Waals surface area contributed by atoms with Crippen LogP contribution in [0.2, 0.25) is 0 Å². The van der Waals surface area contributed by atoms with Gasteiger partial charge in [0.05, 0.1) is 5.39 Å². The van der Waals surface area contributed by atoms with Crippen molar-refractivity contribution in [2.75, 3.05) is 27.2 Å². The highest BCUT2D eigenvalue weighted by atomic mass is 16.5. The minimum atomic E-state index is -0.439. The highest BCUT2D eigenvalue weighted by molar-refractivity contribution is 6.04. The van der Waals surface area contributed by atoms with E-state index in [2.05, 4.69) is 0 Å². The maximum absolute atomic E-state index is 12.1. The lowest BCUT2D eigenvalue weighted by molar-refractivity contribution is 0.261. The molecule has 3 aromatic rings. The van der Waals surface area contributed by atoms with Crippen molar-refractivity contribution in [1.82, 2.24) is 4.90 Å². The molecule has 0 saturated heterocycles. The first kappa shape index (κ1) is 14.4. The summed E-state index contributed by atoms with van der Waals surface area (Å²) in [5, 5.41) is 11.5. The molecule has 0 radical (unpaired) electrons. The van der Waals surface area contributed by atoms with Crippen LogP contribution in [0.5, 0.6) is 11.5 Å². The number of ether oxygens (including phenoxy) is 1. The van der Waals surface area contributed by atoms with Crippen molar-refractivity contribution in [3.63, 3.8) is 0 Å². The first-order chi connectivity index (χ1) is 10.5. The number of likely N-dealkylation sites (N-methyl/N-ethyl adjacent to an activating group) is 1. The van der Waals surface area contributed by atoms with E-state index >= 15 is 0 Å². The normalized spacial score (nSPS) is 11.4. The van der Waals surface area contributed by atoms with E-state index in [0.717, 1.165) is 17.3 Å². The average molecular weight is 299 g/mol. The first-order valence-corrected chi connectivity index (χ1v) is 7.02. The molecule has 0 aliphatic heterocycles. The van der Waals surface area contributed by atoms with E-state index in [9.17, 15) is 9.90 Å². The molecule has 0 amide bonds. The van der Waals surface area contributed by atoms with E-state index < -0.39 is 5.63 Å². The molecule has 0 aliphatic rings. The molecule has 5 heteroatoms. The van der Waals surface area contributed by atoms with E-state index in [-0.39, 0.29) is 5.75 Å². The molecule has 3 rings (SSSR count). The molecule has 5 nitrogen and oxygen atoms in total. The number of phenolic OH excluding ortho intramolecular Hbond substituents is 1. The van der Waals surface area contributed by atoms with Gasteiger partial charge in [-0.05, 0) is 44.4 Å². The average Bonchev–Trinajstić information content (AvgIpc) is 2.47. The van der Waals surface area contributed by atoms with Crippen LogP contribution < -0.4 is 10.4 Å². The fraction of sp³-hybridized carbons (Fsp3) is 0.235. The molecule has 2 aromatic carbocycles. The summed E-state index contributed by atoms with van der Waals surface area (Å²) < 4.78 is 10.9. The molecule has 0 spiro atoms. The van der Waals surface area contributed by atoms with Crippen molar-refractivity contribution in [3.05, 3.63) is 46.8 Å². The van der Waals surface area contributed by atoms with E-state index in [1.54, 1.807) is 18.2 Å². The molecule has 114 valence electrons. The third-order valence-electron chi connectivity index (χ3n) is 3.48. The van der Waals surface area contributed by atoms with Crippen molar-refractivity contribution in [1.29, 1.82) is 0 Å². The highest BCUT2D eigenvalue weighted by Gasteiger charge is 2.09. The Balaban J connectivity index is 2.05. The molecule has 0 atom stereocenters. The van der Waals surface area contributed by atoms with Crippen molar-refractivity contribution >= 4 is 21.7 Å². The van der Waals surface area contributed by atoms with Crippen molar-refractivity contribution < 1.29 is 14.3 Å². The van der Waals surface area contributed by atoms with E-state index in [0.29, 0.717) is 23.3 Å². The summed E-state index contributed by atoms with van der Waals surface area (Å²) in [4.78, 5) is 14.1. The number of rotatable bonds is 4. The Morgan fingerprint density at radius 3 is 2.64 bits per heavy atom. The fourth-order valence-electron chi connectivity index (χ4n) is 2.34. The van der Waals surface area contributed by atoms with Crippen LogP contribution in [-0.2, 0) is 0 Å². The van der Waals surface area contributed by atoms with Crippen LogP contribution in [0.1, 0.15) is 0 Å². The lowest BCUT2D eigenvalue weighted by Gasteiger charge is -2.11. The summed E-state index contributed by atoms with van der Waals surface area (Å²) in [5.41, 5.74) is -0.0649. The van der Waals surface area contributed by atoms with Crippen LogP contribution in [-0.4, -0.2) is 37.3 Å². The van der Waals surface area contributed by atoms with E-state index in [1.165, 1.54) is 6.07 Å². The molecule has 0 aliphatic carbocycles. The van der Waals surface area contributed by atoms with E-state index in [4.69, 9.17) is 9.15 Å². The Morgan fingerprint density at radius 2 is 1.86 bits per heavy atom. The molecule has 1 aromatic heterocycles. The number of fused-ring (bicyclic) bond motifs is 3. The summed E-state index contributed by atoms with van der Waals surface area (Å²) in [6, 6.07) is 10.1. The first-order valence-electron chi connectivity index (χ1n) is 7.02. The number of nitrogens with zero attached hydrogens (tertiary/aromatic N) is 1. The fourth-order valence-corrected chi connectivity index (χ4v) is 2.34. The third kappa shape index (κ3) is 2.76. The van der Waals surface area contributed by atoms with Gasteiger partial charge in [0.2, 0.25) is 0 Å². The molecule has 0 bridgehead atoms. The Morgan fingerprint density at radius 1 is 1.09 bits per heavy atom. The Kier molecular flexibility index (Phi) is 3.73. The second-order valence-electron chi connectivity index (χ2n) is 5.43. The van der Waals surface area contributed by atoms with Crippen molar-refractivity contribution in [2.24, 2.45) is 0 Å². The van der Waals surface area contributed by atoms with Gasteiger partial charge in [0.25, 0.3) is 0 Å². The van der Waals surface area contributed by atoms with Gasteiger partial charge in [-0.3, -0.25) is 0 Å². The van der Waals surface area contributed by atoms with Crippen LogP contribution >= 0.6 is 0 Å². The van der Waals surface area contributed by atoms with Gasteiger partial charge in [0.15, 0.2) is 0 Å². The maximum Gasteiger partial charge on any atom is 0.344 e. The zero-order valence-electron chi connectivity index (χ0n) is 12.5. The van der Waals surface area contributed by atoms with Crippen LogP contribution in [0.4, 0.5) is 0 Å². The standard InChI is InChI=1S/C17H17NO4/c1-18(2)7-8-21-12-4-6-13-14-5-3-11(19)9-16(14)22-17(20)15(13)10-12/h3-6,9-10,19H,7-8H2,1-2H3. The summed E-state index contributed by atoms with van der Waals surface area (Å²) >= 11 is 0. The second kappa shape index (κ2) is 5.69. The number of benzene rings is 2. The van der Waals surface area contributed by atoms with Crippen LogP contribution in [0.3, 0.4) is 0 Å². The Hall–Kier alpha value is -2.53. The second-order valence-corrected chi connectivity index (χ2v) is 5.43. The molecule has 0 fully saturated rings. The number of hydrogen-bond acceptors (Lipinski definition) is 5. The molecule has 0 unspecified atom stereocenters. The number of hydrogen-bond donors (Lipinski definition) is 1. The molecule has 1 N–H and O–H groups in total. The summed E-state index contributed by atoms with van der Waals surface area (Å²) in [5.74, 6) is 0.707. The van der Waals surface area contributed by atoms with Gasteiger partial charge < -0.3 is 19.2 Å². The minimum absolute atomic E-state index is 0.0682. The predicted octanol–water partition coefficient (Wildman–Crippen LogP) is 2.59. The quantitative estimate of drug-likeness (QED) is 0.592. The largest absolute Gasteiger partial charge is 0.508 e. The third-order valence-corrected chi connectivity index (χ3v) is 3.48. The van der Waals surface area contributed by atoms with Gasteiger partial charge in [-0.15, -0.1) is 0 Å². The van der Waals surface area contributed by atoms with Gasteiger partial charge in [-0.2, -0.15) is 0 Å². The summed E-state index contributed by atoms with van der Waals surface area (Å²) in [6.45, 7) is 1.34. The highest BCUT2D eigenvalue weighted by Crippen LogP contribution is 2.28. The van der Waals surface area contributed by atoms with Crippen LogP contribution in [0, 0.1) is 0 Å². The lowest BCUT2D eigenvalue weighted by Crippen LogP contribution is -2.19. The predicted molar refractivity (Wildman–Crippen MR) is 85.7 cm³/mol. The monoisotopic (exact) mass is 299 g/mol. The maximum atomic E-state index is 12.1. The van der Waals surface area contributed by atoms with Gasteiger partial charge in [0.1, 0.15) is 23.7 Å². The summed E-state index contributed by atoms with van der Waals surface area (Å²) in [7, 11) is 3.94. The van der Waals surface area contributed by atoms with Gasteiger partial charge in [-0.1, -0.05) is 0 Å². The van der Waals surface area contributed by atoms with E-state index in [1.807, 2.05) is 31.1 Å². The minimum Gasteiger partial charge on any atom is -0.508 e. The molecule has 0 saturated carbocycles. The van der Waals surface area contributed by atoms with Gasteiger partial charge in [0, 0.05) is 23.4 Å². The molecular weight excluding hydrogens is 282 g/mol. The van der Waals surface area contributed by atoms with Crippen LogP contribution in [0.15, 0.2) is 45.6 Å². The molecular formula is C17H17NO4. The molecule has 22 heavy (non-hydrogen) atoms. The Bertz CT molecular complexity index is 883. The zero-order chi connectivity index (χ0) is 15.7. The van der Waals surface area contributed by atoms with Gasteiger partial charge in [-0.25, -0.2) is 4.79 Å². The number of aromatic hydroxyl groups is 1. The smallest absolute Gasteiger partial charge is 0.344 e. The van der Waals surface area contributed by atoms with Crippen molar-refractivity contribution in [2.45, 2.75) is 0 Å². The van der Waals surface area contributed by atoms with Gasteiger partial charge >= 0.3 is 5.63 Å². The zero-order valence-corrected chi connectivity index (χ0v) is 12.5. The topological polar surface area (TPSA) is 62.9 Å². The molecule has 1 heterocycles. The van der Waals surface area contributed by atoms with Crippen LogP contribution in [0.25, 0.3) is 21.7 Å².